The first kappa shape index (κ1) is 12.7. The lowest BCUT2D eigenvalue weighted by Crippen LogP contribution is -2.11. The predicted molar refractivity (Wildman–Crippen MR) is 72.0 cm³/mol. The maximum Gasteiger partial charge on any atom is 0.255 e. The van der Waals surface area contributed by atoms with Crippen LogP contribution in [0.25, 0.3) is 0 Å². The number of benzene rings is 2. The molecule has 0 aromatic heterocycles. The first-order valence-corrected chi connectivity index (χ1v) is 5.71. The van der Waals surface area contributed by atoms with Crippen LogP contribution < -0.4 is 5.32 Å². The van der Waals surface area contributed by atoms with Gasteiger partial charge < -0.3 is 10.4 Å². The maximum absolute atomic E-state index is 12.0. The highest BCUT2D eigenvalue weighted by Gasteiger charge is 2.07. The molecule has 0 spiro atoms. The minimum absolute atomic E-state index is 0.162. The Morgan fingerprint density at radius 1 is 1.21 bits per heavy atom. The quantitative estimate of drug-likeness (QED) is 0.863. The summed E-state index contributed by atoms with van der Waals surface area (Å²) in [6, 6.07) is 13.3. The zero-order valence-corrected chi connectivity index (χ0v) is 10.3. The zero-order chi connectivity index (χ0) is 13.8. The maximum atomic E-state index is 12.0. The number of rotatable bonds is 2. The molecular formula is C15H12N2O2. The Kier molecular flexibility index (Phi) is 3.48. The average Bonchev–Trinajstić information content (AvgIpc) is 2.42. The van der Waals surface area contributed by atoms with E-state index in [1.807, 2.05) is 6.07 Å². The lowest BCUT2D eigenvalue weighted by atomic mass is 10.1. The molecule has 0 saturated heterocycles. The highest BCUT2D eigenvalue weighted by molar-refractivity contribution is 6.04. The van der Waals surface area contributed by atoms with Gasteiger partial charge in [0.05, 0.1) is 11.6 Å². The summed E-state index contributed by atoms with van der Waals surface area (Å²) in [6.07, 6.45) is 0. The largest absolute Gasteiger partial charge is 0.508 e. The monoisotopic (exact) mass is 252 g/mol. The molecule has 0 heterocycles. The molecule has 19 heavy (non-hydrogen) atoms. The summed E-state index contributed by atoms with van der Waals surface area (Å²) in [5.41, 5.74) is 2.28. The Labute approximate surface area is 110 Å². The van der Waals surface area contributed by atoms with Crippen molar-refractivity contribution >= 4 is 11.6 Å². The Balaban J connectivity index is 2.16. The molecule has 0 bridgehead atoms. The summed E-state index contributed by atoms with van der Waals surface area (Å²) in [6.45, 7) is 1.73. The van der Waals surface area contributed by atoms with Crippen molar-refractivity contribution in [3.63, 3.8) is 0 Å². The lowest BCUT2D eigenvalue weighted by molar-refractivity contribution is 0.102. The average molecular weight is 252 g/mol. The molecule has 2 rings (SSSR count). The Bertz CT molecular complexity index is 655. The number of aryl methyl sites for hydroxylation is 1. The number of hydrogen-bond donors (Lipinski definition) is 2. The van der Waals surface area contributed by atoms with Crippen LogP contribution in [0.15, 0.2) is 42.5 Å². The molecule has 1 amide bonds. The van der Waals surface area contributed by atoms with Crippen molar-refractivity contribution in [2.45, 2.75) is 6.92 Å². The number of phenolic OH excluding ortho intramolecular Hbond substituents is 1. The van der Waals surface area contributed by atoms with Gasteiger partial charge in [-0.25, -0.2) is 0 Å². The van der Waals surface area contributed by atoms with E-state index in [0.29, 0.717) is 22.4 Å². The van der Waals surface area contributed by atoms with Crippen molar-refractivity contribution < 1.29 is 9.90 Å². The normalized spacial score (nSPS) is 9.68. The number of hydrogen-bond acceptors (Lipinski definition) is 3. The molecular weight excluding hydrogens is 240 g/mol. The molecule has 4 heteroatoms. The van der Waals surface area contributed by atoms with Crippen LogP contribution in [0.5, 0.6) is 5.75 Å². The van der Waals surface area contributed by atoms with Gasteiger partial charge in [-0.15, -0.1) is 0 Å². The van der Waals surface area contributed by atoms with E-state index in [1.54, 1.807) is 43.3 Å². The van der Waals surface area contributed by atoms with Crippen LogP contribution in [0.2, 0.25) is 0 Å². The topological polar surface area (TPSA) is 73.1 Å². The minimum Gasteiger partial charge on any atom is -0.508 e. The standard InChI is InChI=1S/C15H12N2O2/c1-10-8-12(4-7-14(10)18)15(19)17-13-5-2-11(9-16)3-6-13/h2-8,18H,1H3,(H,17,19). The SMILES string of the molecule is Cc1cc(C(=O)Nc2ccc(C#N)cc2)ccc1O. The van der Waals surface area contributed by atoms with Crippen LogP contribution in [0.4, 0.5) is 5.69 Å². The van der Waals surface area contributed by atoms with E-state index in [4.69, 9.17) is 5.26 Å². The lowest BCUT2D eigenvalue weighted by Gasteiger charge is -2.06. The van der Waals surface area contributed by atoms with Crippen LogP contribution in [-0.4, -0.2) is 11.0 Å². The second-order valence-electron chi connectivity index (χ2n) is 4.14. The number of nitriles is 1. The van der Waals surface area contributed by atoms with Crippen LogP contribution in [-0.2, 0) is 0 Å². The predicted octanol–water partition coefficient (Wildman–Crippen LogP) is 2.82. The number of nitrogens with zero attached hydrogens (tertiary/aromatic N) is 1. The molecule has 94 valence electrons. The van der Waals surface area contributed by atoms with Crippen LogP contribution in [0, 0.1) is 18.3 Å². The molecule has 0 aliphatic rings. The van der Waals surface area contributed by atoms with Gasteiger partial charge in [0.1, 0.15) is 5.75 Å². The number of anilines is 1. The number of carbonyl (C=O) groups excluding carboxylic acids is 1. The highest BCUT2D eigenvalue weighted by Crippen LogP contribution is 2.18. The summed E-state index contributed by atoms with van der Waals surface area (Å²) in [5, 5.41) is 20.8. The van der Waals surface area contributed by atoms with Crippen molar-refractivity contribution in [2.24, 2.45) is 0 Å². The van der Waals surface area contributed by atoms with Gasteiger partial charge in [0.2, 0.25) is 0 Å². The fourth-order valence-corrected chi connectivity index (χ4v) is 1.63. The number of amides is 1. The van der Waals surface area contributed by atoms with E-state index in [2.05, 4.69) is 5.32 Å². The third-order valence-corrected chi connectivity index (χ3v) is 2.73. The van der Waals surface area contributed by atoms with Crippen LogP contribution in [0.3, 0.4) is 0 Å². The van der Waals surface area contributed by atoms with Crippen LogP contribution >= 0.6 is 0 Å². The van der Waals surface area contributed by atoms with Crippen molar-refractivity contribution in [2.75, 3.05) is 5.32 Å². The molecule has 0 saturated carbocycles. The smallest absolute Gasteiger partial charge is 0.255 e. The van der Waals surface area contributed by atoms with E-state index in [1.165, 1.54) is 6.07 Å². The molecule has 0 aliphatic carbocycles. The first-order valence-electron chi connectivity index (χ1n) is 5.71. The fraction of sp³-hybridized carbons (Fsp3) is 0.0667. The van der Waals surface area contributed by atoms with Crippen molar-refractivity contribution in [1.82, 2.24) is 0 Å². The molecule has 0 aliphatic heterocycles. The van der Waals surface area contributed by atoms with Gasteiger partial charge in [-0.3, -0.25) is 4.79 Å². The summed E-state index contributed by atoms with van der Waals surface area (Å²) >= 11 is 0. The van der Waals surface area contributed by atoms with E-state index < -0.39 is 0 Å². The molecule has 2 aromatic rings. The minimum atomic E-state index is -0.257. The van der Waals surface area contributed by atoms with E-state index in [0.717, 1.165) is 0 Å². The number of carbonyl (C=O) groups is 1. The summed E-state index contributed by atoms with van der Waals surface area (Å²) < 4.78 is 0. The van der Waals surface area contributed by atoms with Crippen molar-refractivity contribution in [1.29, 1.82) is 5.26 Å². The number of nitrogens with one attached hydrogen (secondary N) is 1. The third-order valence-electron chi connectivity index (χ3n) is 2.73. The molecule has 2 N–H and O–H groups in total. The summed E-state index contributed by atoms with van der Waals surface area (Å²) in [5.74, 6) is -0.0947. The van der Waals surface area contributed by atoms with E-state index in [-0.39, 0.29) is 11.7 Å². The van der Waals surface area contributed by atoms with Crippen molar-refractivity contribution in [3.8, 4) is 11.8 Å². The van der Waals surface area contributed by atoms with Crippen molar-refractivity contribution in [3.05, 3.63) is 59.2 Å². The number of aromatic hydroxyl groups is 1. The van der Waals surface area contributed by atoms with Gasteiger partial charge in [0, 0.05) is 11.3 Å². The van der Waals surface area contributed by atoms with Gasteiger partial charge in [0.25, 0.3) is 5.91 Å². The Morgan fingerprint density at radius 3 is 2.47 bits per heavy atom. The fourth-order valence-electron chi connectivity index (χ4n) is 1.63. The number of phenols is 1. The molecule has 0 atom stereocenters. The second-order valence-corrected chi connectivity index (χ2v) is 4.14. The Morgan fingerprint density at radius 2 is 1.89 bits per heavy atom. The van der Waals surface area contributed by atoms with E-state index in [9.17, 15) is 9.90 Å². The molecule has 0 radical (unpaired) electrons. The molecule has 0 unspecified atom stereocenters. The third kappa shape index (κ3) is 2.90. The molecule has 4 nitrogen and oxygen atoms in total. The van der Waals surface area contributed by atoms with Gasteiger partial charge in [-0.05, 0) is 55.0 Å². The second kappa shape index (κ2) is 5.23. The van der Waals surface area contributed by atoms with E-state index >= 15 is 0 Å². The van der Waals surface area contributed by atoms with Crippen LogP contribution in [0.1, 0.15) is 21.5 Å². The van der Waals surface area contributed by atoms with Gasteiger partial charge in [-0.1, -0.05) is 0 Å². The summed E-state index contributed by atoms with van der Waals surface area (Å²) in [4.78, 5) is 12.0. The first-order chi connectivity index (χ1) is 9.10. The van der Waals surface area contributed by atoms with Gasteiger partial charge >= 0.3 is 0 Å². The van der Waals surface area contributed by atoms with Gasteiger partial charge in [0.15, 0.2) is 0 Å². The van der Waals surface area contributed by atoms with Gasteiger partial charge in [-0.2, -0.15) is 5.26 Å². The zero-order valence-electron chi connectivity index (χ0n) is 10.3. The molecule has 0 fully saturated rings. The Hall–Kier alpha value is -2.80. The summed E-state index contributed by atoms with van der Waals surface area (Å²) in [7, 11) is 0. The highest BCUT2D eigenvalue weighted by atomic mass is 16.3. The molecule has 2 aromatic carbocycles.